The molecule has 0 amide bonds. The largest absolute Gasteiger partial charge is 0.373 e. The molecule has 4 heterocycles. The monoisotopic (exact) mass is 455 g/mol. The Kier molecular flexibility index (Phi) is 7.23. The van der Waals surface area contributed by atoms with E-state index in [1.807, 2.05) is 55.7 Å². The third kappa shape index (κ3) is 5.43. The van der Waals surface area contributed by atoms with Crippen LogP contribution in [0, 0.1) is 6.92 Å². The highest BCUT2D eigenvalue weighted by Crippen LogP contribution is 2.28. The van der Waals surface area contributed by atoms with E-state index in [0.29, 0.717) is 0 Å². The van der Waals surface area contributed by atoms with Gasteiger partial charge in [0.2, 0.25) is 0 Å². The third-order valence-corrected chi connectivity index (χ3v) is 6.17. The maximum atomic E-state index is 4.40. The van der Waals surface area contributed by atoms with Crippen molar-refractivity contribution in [2.45, 2.75) is 6.92 Å². The summed E-state index contributed by atoms with van der Waals surface area (Å²) in [6, 6.07) is 10.5. The van der Waals surface area contributed by atoms with Gasteiger partial charge in [-0.1, -0.05) is 12.7 Å². The van der Waals surface area contributed by atoms with E-state index in [1.165, 1.54) is 16.5 Å². The number of aromatic nitrogens is 4. The van der Waals surface area contributed by atoms with Gasteiger partial charge in [0.05, 0.1) is 6.20 Å². The lowest BCUT2D eigenvalue weighted by atomic mass is 9.99. The molecular weight excluding hydrogens is 422 g/mol. The number of piperazine rings is 1. The van der Waals surface area contributed by atoms with Gasteiger partial charge >= 0.3 is 0 Å². The molecule has 0 atom stereocenters. The lowest BCUT2D eigenvalue weighted by Crippen LogP contribution is -2.44. The predicted octanol–water partition coefficient (Wildman–Crippen LogP) is 4.46. The number of hydrogen-bond acceptors (Lipinski definition) is 6. The van der Waals surface area contributed by atoms with Crippen molar-refractivity contribution in [3.05, 3.63) is 72.8 Å². The van der Waals surface area contributed by atoms with E-state index in [2.05, 4.69) is 75.0 Å². The molecular formula is C27H33N7. The summed E-state index contributed by atoms with van der Waals surface area (Å²) in [4.78, 5) is 13.4. The van der Waals surface area contributed by atoms with Gasteiger partial charge in [-0.15, -0.1) is 0 Å². The van der Waals surface area contributed by atoms with Crippen LogP contribution < -0.4 is 10.2 Å². The van der Waals surface area contributed by atoms with Crippen molar-refractivity contribution in [2.75, 3.05) is 50.5 Å². The molecule has 5 rings (SSSR count). The average molecular weight is 456 g/mol. The van der Waals surface area contributed by atoms with E-state index in [-0.39, 0.29) is 0 Å². The fraction of sp³-hybridized carbons (Fsp3) is 0.296. The number of hydrogen-bond donors (Lipinski definition) is 1. The lowest BCUT2D eigenvalue weighted by molar-refractivity contribution is 0.312. The molecule has 0 bridgehead atoms. The van der Waals surface area contributed by atoms with E-state index in [0.717, 1.165) is 54.3 Å². The van der Waals surface area contributed by atoms with Crippen molar-refractivity contribution < 1.29 is 0 Å². The van der Waals surface area contributed by atoms with Gasteiger partial charge in [-0.25, -0.2) is 9.97 Å². The van der Waals surface area contributed by atoms with Crippen LogP contribution in [0.1, 0.15) is 11.1 Å². The number of nitrogens with one attached hydrogen (secondary N) is 1. The average Bonchev–Trinajstić information content (AvgIpc) is 3.30. The minimum atomic E-state index is 0.883. The number of likely N-dealkylation sites (N-methyl/N-ethyl adjacent to an activating group) is 1. The second kappa shape index (κ2) is 10.5. The Labute approximate surface area is 201 Å². The van der Waals surface area contributed by atoms with E-state index in [9.17, 15) is 0 Å². The van der Waals surface area contributed by atoms with E-state index in [4.69, 9.17) is 0 Å². The number of fused-ring (bicyclic) bond motifs is 1. The van der Waals surface area contributed by atoms with E-state index < -0.39 is 0 Å². The van der Waals surface area contributed by atoms with Crippen LogP contribution in [0.25, 0.3) is 28.0 Å². The van der Waals surface area contributed by atoms with Crippen molar-refractivity contribution in [1.29, 1.82) is 0 Å². The molecule has 0 aliphatic carbocycles. The van der Waals surface area contributed by atoms with Crippen molar-refractivity contribution in [3.63, 3.8) is 0 Å². The topological polar surface area (TPSA) is 62.1 Å². The Morgan fingerprint density at radius 2 is 1.76 bits per heavy atom. The minimum Gasteiger partial charge on any atom is -0.373 e. The molecule has 4 aromatic rings. The molecule has 0 spiro atoms. The van der Waals surface area contributed by atoms with Crippen LogP contribution in [-0.2, 0) is 7.05 Å². The number of nitrogens with zero attached hydrogens (tertiary/aromatic N) is 6. The Morgan fingerprint density at radius 3 is 2.44 bits per heavy atom. The van der Waals surface area contributed by atoms with Crippen LogP contribution in [0.2, 0.25) is 0 Å². The van der Waals surface area contributed by atoms with Gasteiger partial charge in [0, 0.05) is 69.8 Å². The summed E-state index contributed by atoms with van der Waals surface area (Å²) in [6.45, 7) is 10.2. The fourth-order valence-electron chi connectivity index (χ4n) is 4.09. The van der Waals surface area contributed by atoms with Crippen LogP contribution in [-0.4, -0.2) is 64.9 Å². The number of pyridine rings is 2. The van der Waals surface area contributed by atoms with Gasteiger partial charge in [0.15, 0.2) is 0 Å². The van der Waals surface area contributed by atoms with Crippen LogP contribution in [0.3, 0.4) is 0 Å². The Bertz CT molecular complexity index is 1270. The first kappa shape index (κ1) is 23.4. The maximum absolute atomic E-state index is 4.40. The van der Waals surface area contributed by atoms with Gasteiger partial charge in [-0.3, -0.25) is 4.68 Å². The third-order valence-electron chi connectivity index (χ3n) is 6.17. The fourth-order valence-corrected chi connectivity index (χ4v) is 4.09. The van der Waals surface area contributed by atoms with Crippen molar-refractivity contribution in [2.24, 2.45) is 7.05 Å². The zero-order chi connectivity index (χ0) is 24.1. The molecule has 1 N–H and O–H groups in total. The molecule has 1 saturated heterocycles. The normalized spacial score (nSPS) is 13.9. The molecule has 34 heavy (non-hydrogen) atoms. The first-order chi connectivity index (χ1) is 16.5. The smallest absolute Gasteiger partial charge is 0.129 e. The first-order valence-electron chi connectivity index (χ1n) is 11.6. The quantitative estimate of drug-likeness (QED) is 0.490. The van der Waals surface area contributed by atoms with E-state index in [1.54, 1.807) is 0 Å². The van der Waals surface area contributed by atoms with Gasteiger partial charge in [0.25, 0.3) is 0 Å². The summed E-state index contributed by atoms with van der Waals surface area (Å²) < 4.78 is 1.82. The molecule has 0 saturated carbocycles. The zero-order valence-electron chi connectivity index (χ0n) is 20.5. The standard InChI is InChI=1S/C15H16N4.C12H17N3/c1-10-4-12-7-17-15(16-2)6-11(12)5-14(10)13-8-18-19(3)9-13;1-3-11-4-5-13-12(10-11)15-8-6-14(2)7-9-15/h4-9H,1-3H3,(H,16,17);3-5,10H,1,6-9H2,2H3. The minimum absolute atomic E-state index is 0.883. The molecule has 3 aromatic heterocycles. The van der Waals surface area contributed by atoms with Crippen molar-refractivity contribution >= 4 is 28.5 Å². The molecule has 0 unspecified atom stereocenters. The predicted molar refractivity (Wildman–Crippen MR) is 142 cm³/mol. The highest BCUT2D eigenvalue weighted by molar-refractivity contribution is 5.89. The van der Waals surface area contributed by atoms with Crippen LogP contribution in [0.15, 0.2) is 61.7 Å². The zero-order valence-corrected chi connectivity index (χ0v) is 20.5. The Balaban J connectivity index is 0.000000166. The molecule has 176 valence electrons. The SMILES string of the molecule is C=Cc1ccnc(N2CCN(C)CC2)c1.CNc1cc2cc(-c3cnn(C)c3)c(C)cc2cn1. The number of rotatable bonds is 4. The van der Waals surface area contributed by atoms with Gasteiger partial charge in [0.1, 0.15) is 11.6 Å². The van der Waals surface area contributed by atoms with Crippen molar-refractivity contribution in [1.82, 2.24) is 24.6 Å². The Morgan fingerprint density at radius 1 is 0.971 bits per heavy atom. The summed E-state index contributed by atoms with van der Waals surface area (Å²) >= 11 is 0. The highest BCUT2D eigenvalue weighted by atomic mass is 15.3. The molecule has 7 heteroatoms. The molecule has 1 fully saturated rings. The summed E-state index contributed by atoms with van der Waals surface area (Å²) in [7, 11) is 5.97. The molecule has 7 nitrogen and oxygen atoms in total. The number of benzene rings is 1. The molecule has 0 radical (unpaired) electrons. The summed E-state index contributed by atoms with van der Waals surface area (Å²) in [5.74, 6) is 1.95. The molecule has 1 aromatic carbocycles. The highest BCUT2D eigenvalue weighted by Gasteiger charge is 2.14. The van der Waals surface area contributed by atoms with Crippen LogP contribution >= 0.6 is 0 Å². The van der Waals surface area contributed by atoms with Gasteiger partial charge in [-0.2, -0.15) is 5.10 Å². The summed E-state index contributed by atoms with van der Waals surface area (Å²) in [5, 5.41) is 9.65. The van der Waals surface area contributed by atoms with Gasteiger partial charge < -0.3 is 15.1 Å². The summed E-state index contributed by atoms with van der Waals surface area (Å²) in [6.07, 6.45) is 9.55. The van der Waals surface area contributed by atoms with E-state index >= 15 is 0 Å². The summed E-state index contributed by atoms with van der Waals surface area (Å²) in [5.41, 5.74) is 4.73. The Hall–Kier alpha value is -3.71. The second-order valence-corrected chi connectivity index (χ2v) is 8.68. The molecule has 1 aliphatic rings. The van der Waals surface area contributed by atoms with Crippen molar-refractivity contribution in [3.8, 4) is 11.1 Å². The maximum Gasteiger partial charge on any atom is 0.129 e. The van der Waals surface area contributed by atoms with Crippen LogP contribution in [0.5, 0.6) is 0 Å². The van der Waals surface area contributed by atoms with Crippen LogP contribution in [0.4, 0.5) is 11.6 Å². The second-order valence-electron chi connectivity index (χ2n) is 8.68. The number of aryl methyl sites for hydroxylation is 2. The lowest BCUT2D eigenvalue weighted by Gasteiger charge is -2.33. The van der Waals surface area contributed by atoms with Gasteiger partial charge in [-0.05, 0) is 66.4 Å². The number of anilines is 2. The first-order valence-corrected chi connectivity index (χ1v) is 11.6. The molecule has 1 aliphatic heterocycles.